The number of aliphatic hydroxyl groups is 1. The minimum atomic E-state index is -0.846. The Balaban J connectivity index is 1.67. The van der Waals surface area contributed by atoms with Crippen LogP contribution >= 0.6 is 0 Å². The van der Waals surface area contributed by atoms with Crippen molar-refractivity contribution >= 4 is 5.69 Å². The number of nitrogens with zero attached hydrogens (tertiary/aromatic N) is 2. The van der Waals surface area contributed by atoms with Crippen LogP contribution in [0.15, 0.2) is 48.5 Å². The Kier molecular flexibility index (Phi) is 6.02. The molecule has 1 saturated heterocycles. The molecule has 0 spiro atoms. The molecule has 3 rings (SSSR count). The standard InChI is InChI=1S/C20H25FN2O2/c1-22(15-20(24)17-7-3-4-8-18(17)21)14-16-6-2-5-9-19(16)23-10-12-25-13-11-23/h2-9,20,24H,10-15H2,1H3. The molecule has 4 nitrogen and oxygen atoms in total. The van der Waals surface area contributed by atoms with Crippen molar-refractivity contribution in [1.82, 2.24) is 4.90 Å². The van der Waals surface area contributed by atoms with Crippen molar-refractivity contribution in [3.05, 3.63) is 65.5 Å². The maximum atomic E-state index is 13.8. The average Bonchev–Trinajstić information content (AvgIpc) is 2.63. The monoisotopic (exact) mass is 344 g/mol. The molecule has 5 heteroatoms. The molecule has 1 unspecified atom stereocenters. The highest BCUT2D eigenvalue weighted by atomic mass is 19.1. The van der Waals surface area contributed by atoms with Gasteiger partial charge < -0.3 is 14.7 Å². The Morgan fingerprint density at radius 2 is 1.80 bits per heavy atom. The number of hydrogen-bond acceptors (Lipinski definition) is 4. The first-order valence-corrected chi connectivity index (χ1v) is 8.67. The molecule has 1 atom stereocenters. The molecule has 1 fully saturated rings. The topological polar surface area (TPSA) is 35.9 Å². The molecule has 1 aliphatic rings. The smallest absolute Gasteiger partial charge is 0.129 e. The van der Waals surface area contributed by atoms with Crippen molar-refractivity contribution in [2.45, 2.75) is 12.6 Å². The first kappa shape index (κ1) is 17.9. The number of morpholine rings is 1. The van der Waals surface area contributed by atoms with E-state index in [2.05, 4.69) is 17.0 Å². The zero-order chi connectivity index (χ0) is 17.6. The van der Waals surface area contributed by atoms with Gasteiger partial charge >= 0.3 is 0 Å². The molecule has 0 saturated carbocycles. The fourth-order valence-electron chi connectivity index (χ4n) is 3.25. The second-order valence-corrected chi connectivity index (χ2v) is 6.46. The van der Waals surface area contributed by atoms with E-state index in [9.17, 15) is 9.50 Å². The molecule has 0 aliphatic carbocycles. The molecule has 2 aromatic carbocycles. The van der Waals surface area contributed by atoms with Crippen LogP contribution in [0.5, 0.6) is 0 Å². The van der Waals surface area contributed by atoms with Gasteiger partial charge in [-0.2, -0.15) is 0 Å². The summed E-state index contributed by atoms with van der Waals surface area (Å²) in [5.41, 5.74) is 2.75. The summed E-state index contributed by atoms with van der Waals surface area (Å²) >= 11 is 0. The van der Waals surface area contributed by atoms with E-state index in [4.69, 9.17) is 4.74 Å². The van der Waals surface area contributed by atoms with E-state index >= 15 is 0 Å². The minimum Gasteiger partial charge on any atom is -0.387 e. The molecule has 0 aromatic heterocycles. The van der Waals surface area contributed by atoms with Crippen LogP contribution < -0.4 is 4.90 Å². The molecule has 25 heavy (non-hydrogen) atoms. The number of rotatable bonds is 6. The van der Waals surface area contributed by atoms with Crippen LogP contribution in [-0.4, -0.2) is 49.9 Å². The van der Waals surface area contributed by atoms with Gasteiger partial charge in [0.25, 0.3) is 0 Å². The second kappa shape index (κ2) is 8.43. The van der Waals surface area contributed by atoms with Gasteiger partial charge in [-0.05, 0) is 24.7 Å². The summed E-state index contributed by atoms with van der Waals surface area (Å²) in [4.78, 5) is 4.36. The number of halogens is 1. The summed E-state index contributed by atoms with van der Waals surface area (Å²) in [6, 6.07) is 14.7. The third-order valence-electron chi connectivity index (χ3n) is 4.53. The number of benzene rings is 2. The van der Waals surface area contributed by atoms with Crippen molar-refractivity contribution in [3.8, 4) is 0 Å². The molecule has 0 bridgehead atoms. The predicted octanol–water partition coefficient (Wildman–Crippen LogP) is 2.83. The number of aliphatic hydroxyl groups excluding tert-OH is 1. The lowest BCUT2D eigenvalue weighted by atomic mass is 10.1. The maximum Gasteiger partial charge on any atom is 0.129 e. The first-order chi connectivity index (χ1) is 12.1. The number of likely N-dealkylation sites (N-methyl/N-ethyl adjacent to an activating group) is 1. The van der Waals surface area contributed by atoms with E-state index in [-0.39, 0.29) is 5.82 Å². The van der Waals surface area contributed by atoms with E-state index < -0.39 is 6.10 Å². The highest BCUT2D eigenvalue weighted by Crippen LogP contribution is 2.24. The SMILES string of the molecule is CN(Cc1ccccc1N1CCOCC1)CC(O)c1ccccc1F. The van der Waals surface area contributed by atoms with E-state index in [1.807, 2.05) is 24.1 Å². The third kappa shape index (κ3) is 4.57. The molecule has 2 aromatic rings. The van der Waals surface area contributed by atoms with E-state index in [1.54, 1.807) is 18.2 Å². The van der Waals surface area contributed by atoms with Gasteiger partial charge in [0, 0.05) is 37.4 Å². The maximum absolute atomic E-state index is 13.8. The highest BCUT2D eigenvalue weighted by Gasteiger charge is 2.18. The molecule has 1 aliphatic heterocycles. The Hall–Kier alpha value is -1.95. The number of para-hydroxylation sites is 1. The van der Waals surface area contributed by atoms with Crippen LogP contribution in [-0.2, 0) is 11.3 Å². The minimum absolute atomic E-state index is 0.343. The number of ether oxygens (including phenoxy) is 1. The summed E-state index contributed by atoms with van der Waals surface area (Å²) in [5.74, 6) is -0.364. The molecule has 134 valence electrons. The van der Waals surface area contributed by atoms with Crippen molar-refractivity contribution in [2.75, 3.05) is 44.8 Å². The first-order valence-electron chi connectivity index (χ1n) is 8.67. The largest absolute Gasteiger partial charge is 0.387 e. The van der Waals surface area contributed by atoms with Crippen LogP contribution in [0.3, 0.4) is 0 Å². The molecular weight excluding hydrogens is 319 g/mol. The molecular formula is C20H25FN2O2. The van der Waals surface area contributed by atoms with Gasteiger partial charge in [0.05, 0.1) is 19.3 Å². The van der Waals surface area contributed by atoms with Crippen molar-refractivity contribution < 1.29 is 14.2 Å². The number of anilines is 1. The fraction of sp³-hybridized carbons (Fsp3) is 0.400. The second-order valence-electron chi connectivity index (χ2n) is 6.46. The predicted molar refractivity (Wildman–Crippen MR) is 97.2 cm³/mol. The summed E-state index contributed by atoms with van der Waals surface area (Å²) in [6.45, 7) is 4.33. The van der Waals surface area contributed by atoms with Crippen molar-refractivity contribution in [1.29, 1.82) is 0 Å². The third-order valence-corrected chi connectivity index (χ3v) is 4.53. The Labute approximate surface area is 148 Å². The Bertz CT molecular complexity index is 689. The molecule has 1 N–H and O–H groups in total. The molecule has 0 radical (unpaired) electrons. The summed E-state index contributed by atoms with van der Waals surface area (Å²) in [5, 5.41) is 10.4. The van der Waals surface area contributed by atoms with E-state index in [1.165, 1.54) is 17.3 Å². The quantitative estimate of drug-likeness (QED) is 0.874. The van der Waals surface area contributed by atoms with Crippen molar-refractivity contribution in [2.24, 2.45) is 0 Å². The normalized spacial score (nSPS) is 16.2. The highest BCUT2D eigenvalue weighted by molar-refractivity contribution is 5.53. The fourth-order valence-corrected chi connectivity index (χ4v) is 3.25. The molecule has 1 heterocycles. The van der Waals surface area contributed by atoms with Crippen molar-refractivity contribution in [3.63, 3.8) is 0 Å². The zero-order valence-electron chi connectivity index (χ0n) is 14.6. The zero-order valence-corrected chi connectivity index (χ0v) is 14.6. The van der Waals surface area contributed by atoms with Gasteiger partial charge in [0.1, 0.15) is 5.82 Å². The van der Waals surface area contributed by atoms with Gasteiger partial charge in [0.2, 0.25) is 0 Å². The summed E-state index contributed by atoms with van der Waals surface area (Å²) in [7, 11) is 1.94. The summed E-state index contributed by atoms with van der Waals surface area (Å²) < 4.78 is 19.3. The average molecular weight is 344 g/mol. The molecule has 0 amide bonds. The number of hydrogen-bond donors (Lipinski definition) is 1. The lowest BCUT2D eigenvalue weighted by Gasteiger charge is -2.31. The van der Waals surface area contributed by atoms with Gasteiger partial charge in [-0.25, -0.2) is 4.39 Å². The lowest BCUT2D eigenvalue weighted by Crippen LogP contribution is -2.37. The Morgan fingerprint density at radius 3 is 2.56 bits per heavy atom. The summed E-state index contributed by atoms with van der Waals surface area (Å²) in [6.07, 6.45) is -0.846. The van der Waals surface area contributed by atoms with Crippen LogP contribution in [0.2, 0.25) is 0 Å². The lowest BCUT2D eigenvalue weighted by molar-refractivity contribution is 0.119. The van der Waals surface area contributed by atoms with Crippen LogP contribution in [0.25, 0.3) is 0 Å². The van der Waals surface area contributed by atoms with Gasteiger partial charge in [0.15, 0.2) is 0 Å². The van der Waals surface area contributed by atoms with Crippen LogP contribution in [0, 0.1) is 5.82 Å². The van der Waals surface area contributed by atoms with E-state index in [0.29, 0.717) is 18.7 Å². The van der Waals surface area contributed by atoms with Gasteiger partial charge in [-0.15, -0.1) is 0 Å². The van der Waals surface area contributed by atoms with Crippen LogP contribution in [0.4, 0.5) is 10.1 Å². The van der Waals surface area contributed by atoms with Crippen LogP contribution in [0.1, 0.15) is 17.2 Å². The Morgan fingerprint density at radius 1 is 1.12 bits per heavy atom. The van der Waals surface area contributed by atoms with E-state index in [0.717, 1.165) is 26.3 Å². The van der Waals surface area contributed by atoms with Gasteiger partial charge in [-0.3, -0.25) is 4.90 Å². The van der Waals surface area contributed by atoms with Gasteiger partial charge in [-0.1, -0.05) is 36.4 Å².